The number of nitrogens with one attached hydrogen (secondary N) is 1. The molecule has 1 N–H and O–H groups in total. The van der Waals surface area contributed by atoms with Crippen LogP contribution < -0.4 is 14.8 Å². The van der Waals surface area contributed by atoms with Gasteiger partial charge in [0.15, 0.2) is 11.5 Å². The maximum atomic E-state index is 12.1. The van der Waals surface area contributed by atoms with E-state index in [0.29, 0.717) is 25.5 Å². The summed E-state index contributed by atoms with van der Waals surface area (Å²) in [5.74, 6) is 1.07. The zero-order valence-electron chi connectivity index (χ0n) is 12.2. The van der Waals surface area contributed by atoms with Crippen molar-refractivity contribution in [2.45, 2.75) is 25.8 Å². The Kier molecular flexibility index (Phi) is 4.49. The monoisotopic (exact) mass is 279 g/mol. The SMILES string of the molecule is CCNC(C)(C(=O)OC)c1ccc2c(c1)OCCCO2. The predicted molar refractivity (Wildman–Crippen MR) is 75.1 cm³/mol. The van der Waals surface area contributed by atoms with Crippen LogP contribution in [0.25, 0.3) is 0 Å². The van der Waals surface area contributed by atoms with E-state index in [0.717, 1.165) is 17.7 Å². The minimum absolute atomic E-state index is 0.325. The van der Waals surface area contributed by atoms with Crippen LogP contribution in [0.3, 0.4) is 0 Å². The van der Waals surface area contributed by atoms with Crippen molar-refractivity contribution < 1.29 is 19.0 Å². The van der Waals surface area contributed by atoms with Gasteiger partial charge in [-0.1, -0.05) is 13.0 Å². The second-order valence-corrected chi connectivity index (χ2v) is 4.86. The summed E-state index contributed by atoms with van der Waals surface area (Å²) < 4.78 is 16.2. The number of likely N-dealkylation sites (N-methyl/N-ethyl adjacent to an activating group) is 1. The van der Waals surface area contributed by atoms with E-state index in [1.807, 2.05) is 32.0 Å². The number of carbonyl (C=O) groups is 1. The lowest BCUT2D eigenvalue weighted by atomic mass is 9.91. The Morgan fingerprint density at radius 3 is 2.70 bits per heavy atom. The fraction of sp³-hybridized carbons (Fsp3) is 0.533. The summed E-state index contributed by atoms with van der Waals surface area (Å²) in [5, 5.41) is 3.18. The molecule has 1 aromatic rings. The van der Waals surface area contributed by atoms with Crippen molar-refractivity contribution >= 4 is 5.97 Å². The molecular formula is C15H21NO4. The molecule has 0 aromatic heterocycles. The Balaban J connectivity index is 2.39. The molecule has 0 saturated heterocycles. The Morgan fingerprint density at radius 1 is 1.35 bits per heavy atom. The van der Waals surface area contributed by atoms with Crippen LogP contribution in [0.2, 0.25) is 0 Å². The van der Waals surface area contributed by atoms with Crippen LogP contribution in [0.1, 0.15) is 25.8 Å². The van der Waals surface area contributed by atoms with Gasteiger partial charge in [0.2, 0.25) is 0 Å². The van der Waals surface area contributed by atoms with Gasteiger partial charge in [0.05, 0.1) is 20.3 Å². The highest BCUT2D eigenvalue weighted by atomic mass is 16.5. The molecule has 0 spiro atoms. The summed E-state index contributed by atoms with van der Waals surface area (Å²) in [5.41, 5.74) is -0.0933. The fourth-order valence-electron chi connectivity index (χ4n) is 2.32. The molecule has 110 valence electrons. The van der Waals surface area contributed by atoms with Gasteiger partial charge in [-0.05, 0) is 31.2 Å². The summed E-state index contributed by atoms with van der Waals surface area (Å²) in [4.78, 5) is 12.1. The number of ether oxygens (including phenoxy) is 3. The molecule has 2 rings (SSSR count). The molecule has 1 unspecified atom stereocenters. The molecule has 1 heterocycles. The van der Waals surface area contributed by atoms with E-state index in [1.165, 1.54) is 7.11 Å². The second kappa shape index (κ2) is 6.13. The molecule has 20 heavy (non-hydrogen) atoms. The minimum atomic E-state index is -0.895. The van der Waals surface area contributed by atoms with Crippen LogP contribution in [-0.2, 0) is 15.1 Å². The van der Waals surface area contributed by atoms with Crippen LogP contribution >= 0.6 is 0 Å². The minimum Gasteiger partial charge on any atom is -0.490 e. The zero-order valence-corrected chi connectivity index (χ0v) is 12.2. The number of rotatable bonds is 4. The highest BCUT2D eigenvalue weighted by Gasteiger charge is 2.36. The van der Waals surface area contributed by atoms with Crippen molar-refractivity contribution in [3.05, 3.63) is 23.8 Å². The number of hydrogen-bond acceptors (Lipinski definition) is 5. The average Bonchev–Trinajstić information content (AvgIpc) is 2.70. The summed E-state index contributed by atoms with van der Waals surface area (Å²) in [6.07, 6.45) is 0.853. The molecule has 0 radical (unpaired) electrons. The number of methoxy groups -OCH3 is 1. The van der Waals surface area contributed by atoms with E-state index in [2.05, 4.69) is 5.32 Å². The fourth-order valence-corrected chi connectivity index (χ4v) is 2.32. The van der Waals surface area contributed by atoms with Gasteiger partial charge in [0.1, 0.15) is 5.54 Å². The van der Waals surface area contributed by atoms with Gasteiger partial charge in [0.25, 0.3) is 0 Å². The molecule has 0 saturated carbocycles. The lowest BCUT2D eigenvalue weighted by molar-refractivity contribution is -0.148. The Hall–Kier alpha value is -1.75. The first kappa shape index (κ1) is 14.7. The first-order valence-corrected chi connectivity index (χ1v) is 6.85. The summed E-state index contributed by atoms with van der Waals surface area (Å²) in [7, 11) is 1.39. The lowest BCUT2D eigenvalue weighted by Crippen LogP contribution is -2.47. The predicted octanol–water partition coefficient (Wildman–Crippen LogP) is 1.85. The van der Waals surface area contributed by atoms with Crippen molar-refractivity contribution in [2.75, 3.05) is 26.9 Å². The molecule has 1 atom stereocenters. The van der Waals surface area contributed by atoms with Crippen LogP contribution in [0.15, 0.2) is 18.2 Å². The van der Waals surface area contributed by atoms with E-state index >= 15 is 0 Å². The van der Waals surface area contributed by atoms with Crippen LogP contribution in [-0.4, -0.2) is 32.8 Å². The summed E-state index contributed by atoms with van der Waals surface area (Å²) >= 11 is 0. The second-order valence-electron chi connectivity index (χ2n) is 4.86. The molecule has 0 amide bonds. The highest BCUT2D eigenvalue weighted by molar-refractivity contribution is 5.82. The molecular weight excluding hydrogens is 258 g/mol. The Labute approximate surface area is 119 Å². The Morgan fingerprint density at radius 2 is 2.05 bits per heavy atom. The van der Waals surface area contributed by atoms with Crippen LogP contribution in [0, 0.1) is 0 Å². The number of fused-ring (bicyclic) bond motifs is 1. The molecule has 0 fully saturated rings. The molecule has 5 heteroatoms. The topological polar surface area (TPSA) is 56.8 Å². The number of benzene rings is 1. The van der Waals surface area contributed by atoms with Gasteiger partial charge in [-0.2, -0.15) is 0 Å². The van der Waals surface area contributed by atoms with Gasteiger partial charge in [-0.25, -0.2) is 4.79 Å². The smallest absolute Gasteiger partial charge is 0.330 e. The quantitative estimate of drug-likeness (QED) is 0.852. The largest absolute Gasteiger partial charge is 0.490 e. The third-order valence-electron chi connectivity index (χ3n) is 3.45. The van der Waals surface area contributed by atoms with Crippen molar-refractivity contribution in [3.63, 3.8) is 0 Å². The van der Waals surface area contributed by atoms with E-state index in [1.54, 1.807) is 0 Å². The first-order chi connectivity index (χ1) is 9.61. The molecule has 1 aromatic carbocycles. The molecule has 1 aliphatic rings. The van der Waals surface area contributed by atoms with Crippen LogP contribution in [0.5, 0.6) is 11.5 Å². The zero-order chi connectivity index (χ0) is 14.6. The first-order valence-electron chi connectivity index (χ1n) is 6.85. The summed E-state index contributed by atoms with van der Waals surface area (Å²) in [6.45, 7) is 5.67. The molecule has 0 aliphatic carbocycles. The van der Waals surface area contributed by atoms with E-state index < -0.39 is 5.54 Å². The van der Waals surface area contributed by atoms with Crippen molar-refractivity contribution in [1.29, 1.82) is 0 Å². The number of hydrogen-bond donors (Lipinski definition) is 1. The maximum Gasteiger partial charge on any atom is 0.330 e. The normalized spacial score (nSPS) is 16.9. The van der Waals surface area contributed by atoms with Gasteiger partial charge in [-0.15, -0.1) is 0 Å². The third-order valence-corrected chi connectivity index (χ3v) is 3.45. The van der Waals surface area contributed by atoms with E-state index in [-0.39, 0.29) is 5.97 Å². The van der Waals surface area contributed by atoms with Crippen molar-refractivity contribution in [1.82, 2.24) is 5.32 Å². The third kappa shape index (κ3) is 2.72. The van der Waals surface area contributed by atoms with E-state index in [9.17, 15) is 4.79 Å². The number of esters is 1. The molecule has 0 bridgehead atoms. The standard InChI is InChI=1S/C15H21NO4/c1-4-16-15(2,14(17)18-3)11-6-7-12-13(10-11)20-9-5-8-19-12/h6-7,10,16H,4-5,8-9H2,1-3H3. The van der Waals surface area contributed by atoms with Crippen LogP contribution in [0.4, 0.5) is 0 Å². The molecule has 1 aliphatic heterocycles. The Bertz CT molecular complexity index is 489. The van der Waals surface area contributed by atoms with Crippen molar-refractivity contribution in [3.8, 4) is 11.5 Å². The van der Waals surface area contributed by atoms with Gasteiger partial charge in [-0.3, -0.25) is 5.32 Å². The number of carbonyl (C=O) groups excluding carboxylic acids is 1. The van der Waals surface area contributed by atoms with Crippen molar-refractivity contribution in [2.24, 2.45) is 0 Å². The molecule has 5 nitrogen and oxygen atoms in total. The highest BCUT2D eigenvalue weighted by Crippen LogP contribution is 2.34. The average molecular weight is 279 g/mol. The van der Waals surface area contributed by atoms with Gasteiger partial charge >= 0.3 is 5.97 Å². The van der Waals surface area contributed by atoms with E-state index in [4.69, 9.17) is 14.2 Å². The van der Waals surface area contributed by atoms with Gasteiger partial charge < -0.3 is 14.2 Å². The van der Waals surface area contributed by atoms with Gasteiger partial charge in [0, 0.05) is 6.42 Å². The summed E-state index contributed by atoms with van der Waals surface area (Å²) in [6, 6.07) is 5.56. The maximum absolute atomic E-state index is 12.1. The lowest BCUT2D eigenvalue weighted by Gasteiger charge is -2.28.